The maximum atomic E-state index is 13.0. The van der Waals surface area contributed by atoms with Crippen LogP contribution in [0.2, 0.25) is 0 Å². The van der Waals surface area contributed by atoms with Crippen LogP contribution in [0.4, 0.5) is 18.9 Å². The smallest absolute Gasteiger partial charge is 0.417 e. The van der Waals surface area contributed by atoms with Crippen molar-refractivity contribution in [2.24, 2.45) is 0 Å². The van der Waals surface area contributed by atoms with E-state index in [4.69, 9.17) is 5.11 Å². The van der Waals surface area contributed by atoms with Gasteiger partial charge in [0.2, 0.25) is 0 Å². The van der Waals surface area contributed by atoms with Gasteiger partial charge in [-0.15, -0.1) is 0 Å². The largest absolute Gasteiger partial charge is 0.481 e. The van der Waals surface area contributed by atoms with Crippen molar-refractivity contribution in [1.82, 2.24) is 9.38 Å². The molecule has 0 saturated carbocycles. The number of carbonyl (C=O) groups excluding carboxylic acids is 1. The number of anilines is 1. The Labute approximate surface area is 151 Å². The molecular formula is C18H14F3N3O3. The summed E-state index contributed by atoms with van der Waals surface area (Å²) in [4.78, 5) is 27.4. The van der Waals surface area contributed by atoms with Crippen molar-refractivity contribution in [3.05, 3.63) is 65.1 Å². The van der Waals surface area contributed by atoms with Gasteiger partial charge in [0.05, 0.1) is 17.7 Å². The monoisotopic (exact) mass is 377 g/mol. The van der Waals surface area contributed by atoms with Gasteiger partial charge in [-0.3, -0.25) is 14.0 Å². The van der Waals surface area contributed by atoms with Gasteiger partial charge in [0.1, 0.15) is 11.3 Å². The molecule has 0 spiro atoms. The summed E-state index contributed by atoms with van der Waals surface area (Å²) in [6.45, 7) is 1.53. The second kappa shape index (κ2) is 6.75. The zero-order chi connectivity index (χ0) is 19.8. The van der Waals surface area contributed by atoms with Crippen LogP contribution in [-0.4, -0.2) is 26.4 Å². The number of rotatable bonds is 4. The van der Waals surface area contributed by atoms with Gasteiger partial charge < -0.3 is 10.4 Å². The van der Waals surface area contributed by atoms with Crippen molar-refractivity contribution in [2.45, 2.75) is 19.5 Å². The molecular weight excluding hydrogens is 363 g/mol. The molecule has 1 amide bonds. The maximum Gasteiger partial charge on any atom is 0.417 e. The molecule has 0 saturated heterocycles. The summed E-state index contributed by atoms with van der Waals surface area (Å²) in [5.74, 6) is -1.60. The summed E-state index contributed by atoms with van der Waals surface area (Å²) in [5, 5.41) is 11.3. The minimum absolute atomic E-state index is 0.00860. The van der Waals surface area contributed by atoms with E-state index in [0.29, 0.717) is 11.3 Å². The lowest BCUT2D eigenvalue weighted by Crippen LogP contribution is -2.16. The third-order valence-electron chi connectivity index (χ3n) is 3.90. The second-order valence-electron chi connectivity index (χ2n) is 5.91. The minimum Gasteiger partial charge on any atom is -0.481 e. The third kappa shape index (κ3) is 3.91. The van der Waals surface area contributed by atoms with Crippen LogP contribution < -0.4 is 5.32 Å². The van der Waals surface area contributed by atoms with E-state index in [1.54, 1.807) is 12.1 Å². The first kappa shape index (κ1) is 18.4. The van der Waals surface area contributed by atoms with Gasteiger partial charge in [-0.1, -0.05) is 12.1 Å². The topological polar surface area (TPSA) is 83.7 Å². The van der Waals surface area contributed by atoms with Crippen LogP contribution in [0.5, 0.6) is 0 Å². The van der Waals surface area contributed by atoms with E-state index in [1.165, 1.54) is 25.1 Å². The molecule has 0 bridgehead atoms. The predicted octanol–water partition coefficient (Wildman–Crippen LogP) is 3.54. The van der Waals surface area contributed by atoms with Gasteiger partial charge in [0.25, 0.3) is 5.91 Å². The van der Waals surface area contributed by atoms with Crippen LogP contribution in [0.25, 0.3) is 5.65 Å². The van der Waals surface area contributed by atoms with Crippen LogP contribution in [0.15, 0.2) is 42.6 Å². The Morgan fingerprint density at radius 3 is 2.41 bits per heavy atom. The zero-order valence-electron chi connectivity index (χ0n) is 14.0. The highest BCUT2D eigenvalue weighted by molar-refractivity contribution is 6.04. The molecule has 1 aromatic carbocycles. The summed E-state index contributed by atoms with van der Waals surface area (Å²) in [7, 11) is 0. The standard InChI is InChI=1S/C18H14F3N3O3/c1-10-16(24-9-12(18(19,20)21)4-7-14(24)22-10)17(27)23-13-5-2-11(3-6-13)8-15(25)26/h2-7,9H,8H2,1H3,(H,23,27)(H,25,26). The Morgan fingerprint density at radius 2 is 1.81 bits per heavy atom. The lowest BCUT2D eigenvalue weighted by molar-refractivity contribution is -0.138. The number of carbonyl (C=O) groups is 2. The number of aromatic nitrogens is 2. The number of nitrogens with zero attached hydrogens (tertiary/aromatic N) is 2. The van der Waals surface area contributed by atoms with Crippen molar-refractivity contribution < 1.29 is 27.9 Å². The van der Waals surface area contributed by atoms with Gasteiger partial charge >= 0.3 is 12.1 Å². The van der Waals surface area contributed by atoms with Gasteiger partial charge in [-0.05, 0) is 36.8 Å². The number of carboxylic acids is 1. The van der Waals surface area contributed by atoms with Crippen LogP contribution in [0, 0.1) is 6.92 Å². The number of aryl methyl sites for hydroxylation is 1. The molecule has 27 heavy (non-hydrogen) atoms. The summed E-state index contributed by atoms with van der Waals surface area (Å²) in [5.41, 5.74) is 0.554. The van der Waals surface area contributed by atoms with Crippen molar-refractivity contribution in [1.29, 1.82) is 0 Å². The number of nitrogens with one attached hydrogen (secondary N) is 1. The lowest BCUT2D eigenvalue weighted by atomic mass is 10.1. The highest BCUT2D eigenvalue weighted by Gasteiger charge is 2.31. The van der Waals surface area contributed by atoms with Crippen LogP contribution in [0.1, 0.15) is 27.3 Å². The Hall–Kier alpha value is -3.36. The highest BCUT2D eigenvalue weighted by Crippen LogP contribution is 2.30. The quantitative estimate of drug-likeness (QED) is 0.729. The number of carboxylic acid groups (broad SMARTS) is 1. The maximum absolute atomic E-state index is 13.0. The first-order chi connectivity index (χ1) is 12.6. The molecule has 0 aliphatic rings. The van der Waals surface area contributed by atoms with Gasteiger partial charge in [-0.2, -0.15) is 13.2 Å². The number of alkyl halides is 3. The SMILES string of the molecule is Cc1nc2ccc(C(F)(F)F)cn2c1C(=O)Nc1ccc(CC(=O)O)cc1. The number of aliphatic carboxylic acids is 1. The van der Waals surface area contributed by atoms with Crippen LogP contribution >= 0.6 is 0 Å². The third-order valence-corrected chi connectivity index (χ3v) is 3.90. The van der Waals surface area contributed by atoms with Crippen LogP contribution in [0.3, 0.4) is 0 Å². The molecule has 0 unspecified atom stereocenters. The number of imidazole rings is 1. The fraction of sp³-hybridized carbons (Fsp3) is 0.167. The first-order valence-electron chi connectivity index (χ1n) is 7.83. The predicted molar refractivity (Wildman–Crippen MR) is 90.7 cm³/mol. The number of pyridine rings is 1. The Kier molecular flexibility index (Phi) is 4.61. The van der Waals surface area contributed by atoms with Crippen molar-refractivity contribution >= 4 is 23.2 Å². The first-order valence-corrected chi connectivity index (χ1v) is 7.83. The van der Waals surface area contributed by atoms with E-state index in [1.807, 2.05) is 0 Å². The van der Waals surface area contributed by atoms with E-state index in [9.17, 15) is 22.8 Å². The second-order valence-corrected chi connectivity index (χ2v) is 5.91. The Bertz CT molecular complexity index is 1020. The summed E-state index contributed by atoms with van der Waals surface area (Å²) in [6.07, 6.45) is -3.86. The van der Waals surface area contributed by atoms with Crippen LogP contribution in [-0.2, 0) is 17.4 Å². The number of hydrogen-bond acceptors (Lipinski definition) is 3. The molecule has 0 atom stereocenters. The molecule has 0 radical (unpaired) electrons. The molecule has 140 valence electrons. The number of fused-ring (bicyclic) bond motifs is 1. The van der Waals surface area contributed by atoms with Crippen molar-refractivity contribution in [2.75, 3.05) is 5.32 Å². The normalized spacial score (nSPS) is 11.6. The summed E-state index contributed by atoms with van der Waals surface area (Å²) in [6, 6.07) is 8.25. The Morgan fingerprint density at radius 1 is 1.15 bits per heavy atom. The minimum atomic E-state index is -4.54. The lowest BCUT2D eigenvalue weighted by Gasteiger charge is -2.09. The number of benzene rings is 1. The van der Waals surface area contributed by atoms with Gasteiger partial charge in [0, 0.05) is 11.9 Å². The average molecular weight is 377 g/mol. The van der Waals surface area contributed by atoms with Gasteiger partial charge in [-0.25, -0.2) is 4.98 Å². The molecule has 2 N–H and O–H groups in total. The summed E-state index contributed by atoms with van der Waals surface area (Å²) >= 11 is 0. The van der Waals surface area contributed by atoms with E-state index in [-0.39, 0.29) is 23.5 Å². The average Bonchev–Trinajstić information content (AvgIpc) is 2.90. The number of hydrogen-bond donors (Lipinski definition) is 2. The van der Waals surface area contributed by atoms with E-state index >= 15 is 0 Å². The molecule has 2 aromatic heterocycles. The van der Waals surface area contributed by atoms with Gasteiger partial charge in [0.15, 0.2) is 0 Å². The molecule has 2 heterocycles. The molecule has 3 rings (SSSR count). The molecule has 0 aliphatic carbocycles. The van der Waals surface area contributed by atoms with E-state index in [0.717, 1.165) is 16.7 Å². The fourth-order valence-corrected chi connectivity index (χ4v) is 2.67. The summed E-state index contributed by atoms with van der Waals surface area (Å²) < 4.78 is 40.0. The molecule has 0 fully saturated rings. The molecule has 9 heteroatoms. The molecule has 6 nitrogen and oxygen atoms in total. The van der Waals surface area contributed by atoms with Crippen molar-refractivity contribution in [3.63, 3.8) is 0 Å². The molecule has 3 aromatic rings. The van der Waals surface area contributed by atoms with Crippen molar-refractivity contribution in [3.8, 4) is 0 Å². The Balaban J connectivity index is 1.91. The number of halogens is 3. The van der Waals surface area contributed by atoms with E-state index in [2.05, 4.69) is 10.3 Å². The van der Waals surface area contributed by atoms with E-state index < -0.39 is 23.6 Å². The fourth-order valence-electron chi connectivity index (χ4n) is 2.67. The highest BCUT2D eigenvalue weighted by atomic mass is 19.4. The molecule has 0 aliphatic heterocycles. The number of amides is 1. The zero-order valence-corrected chi connectivity index (χ0v) is 14.0.